The number of hydrogen-bond donors (Lipinski definition) is 2. The smallest absolute Gasteiger partial charge is 0.252 e. The summed E-state index contributed by atoms with van der Waals surface area (Å²) in [6.45, 7) is 6.57. The molecular weight excluding hydrogens is 359 g/mol. The molecule has 4 nitrogen and oxygen atoms in total. The Morgan fingerprint density at radius 1 is 1.24 bits per heavy atom. The highest BCUT2D eigenvalue weighted by molar-refractivity contribution is 6.30. The normalized spacial score (nSPS) is 16.8. The van der Waals surface area contributed by atoms with Gasteiger partial charge in [-0.15, -0.1) is 12.4 Å². The second-order valence-corrected chi connectivity index (χ2v) is 7.06. The van der Waals surface area contributed by atoms with Crippen LogP contribution in [0.15, 0.2) is 24.3 Å². The molecule has 0 aliphatic carbocycles. The first-order chi connectivity index (χ1) is 11.5. The summed E-state index contributed by atoms with van der Waals surface area (Å²) in [6, 6.07) is 7.97. The molecule has 25 heavy (non-hydrogen) atoms. The third kappa shape index (κ3) is 4.88. The highest BCUT2D eigenvalue weighted by atomic mass is 35.5. The Morgan fingerprint density at radius 2 is 1.80 bits per heavy atom. The largest absolute Gasteiger partial charge is 0.368 e. The van der Waals surface area contributed by atoms with Gasteiger partial charge in [-0.25, -0.2) is 0 Å². The first kappa shape index (κ1) is 22.2. The van der Waals surface area contributed by atoms with E-state index in [0.717, 1.165) is 31.0 Å². The van der Waals surface area contributed by atoms with Crippen molar-refractivity contribution in [1.29, 1.82) is 0 Å². The molecule has 0 unspecified atom stereocenters. The number of benzene rings is 1. The van der Waals surface area contributed by atoms with E-state index in [1.54, 1.807) is 7.11 Å². The molecule has 1 fully saturated rings. The average Bonchev–Trinajstić information content (AvgIpc) is 2.64. The number of carbonyl (C=O) groups is 1. The summed E-state index contributed by atoms with van der Waals surface area (Å²) in [5.74, 6) is 0.00624. The molecule has 142 valence electrons. The highest BCUT2D eigenvalue weighted by Crippen LogP contribution is 2.32. The minimum atomic E-state index is -0.696. The van der Waals surface area contributed by atoms with E-state index in [0.29, 0.717) is 19.4 Å². The number of ether oxygens (including phenoxy) is 1. The second-order valence-electron chi connectivity index (χ2n) is 6.63. The van der Waals surface area contributed by atoms with Crippen molar-refractivity contribution in [2.45, 2.75) is 50.5 Å². The molecule has 1 amide bonds. The van der Waals surface area contributed by atoms with Gasteiger partial charge in [-0.1, -0.05) is 37.6 Å². The van der Waals surface area contributed by atoms with Crippen LogP contribution in [0.2, 0.25) is 5.02 Å². The quantitative estimate of drug-likeness (QED) is 0.748. The molecule has 0 radical (unpaired) electrons. The van der Waals surface area contributed by atoms with E-state index in [4.69, 9.17) is 16.3 Å². The van der Waals surface area contributed by atoms with Gasteiger partial charge in [-0.2, -0.15) is 0 Å². The van der Waals surface area contributed by atoms with Gasteiger partial charge < -0.3 is 15.4 Å². The van der Waals surface area contributed by atoms with Crippen molar-refractivity contribution in [1.82, 2.24) is 10.6 Å². The van der Waals surface area contributed by atoms with Gasteiger partial charge in [0, 0.05) is 24.1 Å². The van der Waals surface area contributed by atoms with Crippen LogP contribution >= 0.6 is 24.0 Å². The summed E-state index contributed by atoms with van der Waals surface area (Å²) in [5, 5.41) is 7.19. The van der Waals surface area contributed by atoms with Crippen LogP contribution in [0, 0.1) is 0 Å². The minimum absolute atomic E-state index is 0. The summed E-state index contributed by atoms with van der Waals surface area (Å²) in [4.78, 5) is 12.8. The lowest BCUT2D eigenvalue weighted by atomic mass is 9.75. The molecule has 0 bridgehead atoms. The van der Waals surface area contributed by atoms with E-state index in [-0.39, 0.29) is 23.7 Å². The summed E-state index contributed by atoms with van der Waals surface area (Å²) in [7, 11) is 1.64. The molecule has 1 aliphatic heterocycles. The Bertz CT molecular complexity index is 539. The van der Waals surface area contributed by atoms with Crippen LogP contribution in [0.4, 0.5) is 0 Å². The molecule has 0 atom stereocenters. The van der Waals surface area contributed by atoms with Crippen molar-refractivity contribution in [2.75, 3.05) is 26.7 Å². The summed E-state index contributed by atoms with van der Waals surface area (Å²) < 4.78 is 5.63. The van der Waals surface area contributed by atoms with Gasteiger partial charge in [0.1, 0.15) is 5.60 Å². The van der Waals surface area contributed by atoms with Gasteiger partial charge in [-0.05, 0) is 56.5 Å². The van der Waals surface area contributed by atoms with E-state index in [1.807, 2.05) is 12.1 Å². The molecular formula is C19H30Cl2N2O2. The van der Waals surface area contributed by atoms with E-state index >= 15 is 0 Å². The number of methoxy groups -OCH3 is 1. The molecule has 1 saturated heterocycles. The summed E-state index contributed by atoms with van der Waals surface area (Å²) in [5.41, 5.74) is 0.439. The van der Waals surface area contributed by atoms with Crippen molar-refractivity contribution >= 4 is 29.9 Å². The molecule has 0 aromatic heterocycles. The fourth-order valence-electron chi connectivity index (χ4n) is 3.58. The molecule has 6 heteroatoms. The summed E-state index contributed by atoms with van der Waals surface area (Å²) in [6.07, 6.45) is 3.32. The van der Waals surface area contributed by atoms with E-state index < -0.39 is 5.60 Å². The lowest BCUT2D eigenvalue weighted by Crippen LogP contribution is -2.56. The van der Waals surface area contributed by atoms with Gasteiger partial charge >= 0.3 is 0 Å². The maximum absolute atomic E-state index is 12.8. The fraction of sp³-hybridized carbons (Fsp3) is 0.632. The Kier molecular flexibility index (Phi) is 8.69. The first-order valence-electron chi connectivity index (χ1n) is 8.82. The Balaban J connectivity index is 0.00000312. The van der Waals surface area contributed by atoms with Crippen LogP contribution in [-0.4, -0.2) is 38.3 Å². The molecule has 2 N–H and O–H groups in total. The van der Waals surface area contributed by atoms with Crippen molar-refractivity contribution in [3.8, 4) is 0 Å². The average molecular weight is 389 g/mol. The molecule has 2 rings (SSSR count). The van der Waals surface area contributed by atoms with Crippen LogP contribution in [0.5, 0.6) is 0 Å². The molecule has 1 heterocycles. The first-order valence-corrected chi connectivity index (χ1v) is 9.20. The number of halogens is 2. The van der Waals surface area contributed by atoms with Gasteiger partial charge in [0.25, 0.3) is 5.91 Å². The number of rotatable bonds is 7. The van der Waals surface area contributed by atoms with E-state index in [1.165, 1.54) is 5.56 Å². The van der Waals surface area contributed by atoms with Crippen LogP contribution in [0.3, 0.4) is 0 Å². The Morgan fingerprint density at radius 3 is 2.28 bits per heavy atom. The third-order valence-electron chi connectivity index (χ3n) is 5.61. The predicted octanol–water partition coefficient (Wildman–Crippen LogP) is 3.70. The standard InChI is InChI=1S/C19H29ClN2O2.ClH/c1-4-18(5-2,15-6-8-16(20)9-7-15)14-22-17(23)19(24-3)10-12-21-13-11-19;/h6-9,21H,4-5,10-14H2,1-3H3,(H,22,23);1H. The molecule has 1 aromatic rings. The topological polar surface area (TPSA) is 50.4 Å². The highest BCUT2D eigenvalue weighted by Gasteiger charge is 2.40. The predicted molar refractivity (Wildman–Crippen MR) is 106 cm³/mol. The number of nitrogens with one attached hydrogen (secondary N) is 2. The van der Waals surface area contributed by atoms with E-state index in [9.17, 15) is 4.79 Å². The van der Waals surface area contributed by atoms with Crippen molar-refractivity contribution in [3.63, 3.8) is 0 Å². The molecule has 0 saturated carbocycles. The number of amides is 1. The second kappa shape index (κ2) is 9.77. The van der Waals surface area contributed by atoms with Crippen LogP contribution in [-0.2, 0) is 14.9 Å². The van der Waals surface area contributed by atoms with Gasteiger partial charge in [0.15, 0.2) is 0 Å². The Labute approximate surface area is 162 Å². The number of carbonyl (C=O) groups excluding carboxylic acids is 1. The van der Waals surface area contributed by atoms with Crippen molar-refractivity contribution in [3.05, 3.63) is 34.9 Å². The third-order valence-corrected chi connectivity index (χ3v) is 5.87. The van der Waals surface area contributed by atoms with Crippen LogP contribution < -0.4 is 10.6 Å². The zero-order chi connectivity index (χ0) is 17.6. The number of hydrogen-bond acceptors (Lipinski definition) is 3. The van der Waals surface area contributed by atoms with Crippen LogP contribution in [0.1, 0.15) is 45.1 Å². The lowest BCUT2D eigenvalue weighted by Gasteiger charge is -2.38. The van der Waals surface area contributed by atoms with Crippen LogP contribution in [0.25, 0.3) is 0 Å². The van der Waals surface area contributed by atoms with Gasteiger partial charge in [0.2, 0.25) is 0 Å². The Hall–Kier alpha value is -0.810. The summed E-state index contributed by atoms with van der Waals surface area (Å²) >= 11 is 6.02. The minimum Gasteiger partial charge on any atom is -0.368 e. The maximum Gasteiger partial charge on any atom is 0.252 e. The van der Waals surface area contributed by atoms with Crippen molar-refractivity contribution in [2.24, 2.45) is 0 Å². The monoisotopic (exact) mass is 388 g/mol. The zero-order valence-corrected chi connectivity index (χ0v) is 16.9. The SMILES string of the molecule is CCC(CC)(CNC(=O)C1(OC)CCNCC1)c1ccc(Cl)cc1.Cl. The van der Waals surface area contributed by atoms with Gasteiger partial charge in [0.05, 0.1) is 0 Å². The molecule has 1 aliphatic rings. The van der Waals surface area contributed by atoms with E-state index in [2.05, 4.69) is 36.6 Å². The fourth-order valence-corrected chi connectivity index (χ4v) is 3.70. The van der Waals surface area contributed by atoms with Gasteiger partial charge in [-0.3, -0.25) is 4.79 Å². The lowest BCUT2D eigenvalue weighted by molar-refractivity contribution is -0.147. The maximum atomic E-state index is 12.8. The van der Waals surface area contributed by atoms with Crippen molar-refractivity contribution < 1.29 is 9.53 Å². The molecule has 0 spiro atoms. The zero-order valence-electron chi connectivity index (χ0n) is 15.4. The molecule has 1 aromatic carbocycles. The number of piperidine rings is 1.